The van der Waals surface area contributed by atoms with Crippen molar-refractivity contribution in [1.82, 2.24) is 5.32 Å². The molecule has 5 nitrogen and oxygen atoms in total. The number of hydrogen-bond acceptors (Lipinski definition) is 5. The van der Waals surface area contributed by atoms with Crippen LogP contribution in [0.1, 0.15) is 6.42 Å². The molecule has 10 heteroatoms. The number of rotatable bonds is 5. The third-order valence-electron chi connectivity index (χ3n) is 3.89. The fraction of sp³-hybridized carbons (Fsp3) is 0.250. The van der Waals surface area contributed by atoms with E-state index in [2.05, 4.69) is 5.32 Å². The molecule has 0 atom stereocenters. The number of nitrogens with zero attached hydrogens (tertiary/aromatic N) is 2. The van der Waals surface area contributed by atoms with Crippen molar-refractivity contribution in [3.8, 4) is 0 Å². The van der Waals surface area contributed by atoms with Gasteiger partial charge in [0.1, 0.15) is 23.0 Å². The van der Waals surface area contributed by atoms with Crippen LogP contribution in [0, 0.1) is 17.5 Å². The first-order valence-electron chi connectivity index (χ1n) is 7.62. The van der Waals surface area contributed by atoms with Crippen molar-refractivity contribution in [2.75, 3.05) is 28.7 Å². The molecule has 0 radical (unpaired) electrons. The molecule has 26 heavy (non-hydrogen) atoms. The maximum Gasteiger partial charge on any atom is 0.151 e. The van der Waals surface area contributed by atoms with E-state index in [0.29, 0.717) is 19.0 Å². The average Bonchev–Trinajstić information content (AvgIpc) is 2.77. The zero-order chi connectivity index (χ0) is 18.2. The van der Waals surface area contributed by atoms with Gasteiger partial charge in [0.15, 0.2) is 5.82 Å². The predicted octanol–water partition coefficient (Wildman–Crippen LogP) is 4.67. The van der Waals surface area contributed by atoms with Gasteiger partial charge in [-0.05, 0) is 55.2 Å². The van der Waals surface area contributed by atoms with Gasteiger partial charge in [-0.2, -0.15) is 0 Å². The molecular weight excluding hydrogens is 391 g/mol. The quantitative estimate of drug-likeness (QED) is 0.626. The van der Waals surface area contributed by atoms with E-state index in [1.807, 2.05) is 0 Å². The summed E-state index contributed by atoms with van der Waals surface area (Å²) in [5, 5.41) is 2.93. The van der Waals surface area contributed by atoms with Gasteiger partial charge in [-0.25, -0.2) is 21.8 Å². The SMILES string of the molecule is CNCCCN1c2c(F)cccc2N(c2ccc(F)cc2F)S1(O)O.Cl. The Morgan fingerprint density at radius 3 is 2.42 bits per heavy atom. The molecule has 0 aromatic heterocycles. The minimum atomic E-state index is -3.74. The van der Waals surface area contributed by atoms with Gasteiger partial charge in [-0.3, -0.25) is 9.11 Å². The summed E-state index contributed by atoms with van der Waals surface area (Å²) >= 11 is 0. The van der Waals surface area contributed by atoms with Crippen molar-refractivity contribution in [3.63, 3.8) is 0 Å². The number of halogens is 4. The highest BCUT2D eigenvalue weighted by Crippen LogP contribution is 2.64. The summed E-state index contributed by atoms with van der Waals surface area (Å²) in [5.74, 6) is -2.40. The summed E-state index contributed by atoms with van der Waals surface area (Å²) in [6.45, 7) is 0.733. The Bertz CT molecular complexity index is 797. The van der Waals surface area contributed by atoms with E-state index in [-0.39, 0.29) is 36.0 Å². The summed E-state index contributed by atoms with van der Waals surface area (Å²) in [5.41, 5.74) is -0.123. The molecule has 2 aromatic rings. The second-order valence-electron chi connectivity index (χ2n) is 5.55. The number of anilines is 3. The summed E-state index contributed by atoms with van der Waals surface area (Å²) in [7, 11) is -2.00. The van der Waals surface area contributed by atoms with Gasteiger partial charge in [0, 0.05) is 12.6 Å². The number of hydrogen-bond donors (Lipinski definition) is 3. The van der Waals surface area contributed by atoms with Crippen LogP contribution in [0.2, 0.25) is 0 Å². The Morgan fingerprint density at radius 1 is 1.04 bits per heavy atom. The van der Waals surface area contributed by atoms with E-state index in [1.54, 1.807) is 7.05 Å². The molecule has 0 bridgehead atoms. The van der Waals surface area contributed by atoms with Crippen LogP contribution < -0.4 is 13.9 Å². The molecule has 1 heterocycles. The van der Waals surface area contributed by atoms with Crippen molar-refractivity contribution >= 4 is 40.4 Å². The summed E-state index contributed by atoms with van der Waals surface area (Å²) in [6.07, 6.45) is 0.514. The second kappa shape index (κ2) is 7.93. The van der Waals surface area contributed by atoms with Gasteiger partial charge >= 0.3 is 0 Å². The van der Waals surface area contributed by atoms with Crippen LogP contribution in [0.3, 0.4) is 0 Å². The lowest BCUT2D eigenvalue weighted by Crippen LogP contribution is -2.33. The van der Waals surface area contributed by atoms with Gasteiger partial charge in [0.2, 0.25) is 0 Å². The van der Waals surface area contributed by atoms with Crippen molar-refractivity contribution in [2.24, 2.45) is 0 Å². The molecule has 0 aliphatic carbocycles. The van der Waals surface area contributed by atoms with Crippen LogP contribution >= 0.6 is 23.4 Å². The van der Waals surface area contributed by atoms with Gasteiger partial charge in [-0.15, -0.1) is 12.4 Å². The van der Waals surface area contributed by atoms with Crippen molar-refractivity contribution in [2.45, 2.75) is 6.42 Å². The highest BCUT2D eigenvalue weighted by Gasteiger charge is 2.44. The minimum absolute atomic E-state index is 0. The normalized spacial score (nSPS) is 16.2. The molecule has 0 fully saturated rings. The Balaban J connectivity index is 0.00000243. The van der Waals surface area contributed by atoms with E-state index < -0.39 is 28.4 Å². The first-order valence-corrected chi connectivity index (χ1v) is 9.08. The fourth-order valence-electron chi connectivity index (χ4n) is 2.81. The monoisotopic (exact) mass is 409 g/mol. The number of fused-ring (bicyclic) bond motifs is 1. The number of benzene rings is 2. The molecule has 144 valence electrons. The molecule has 0 saturated heterocycles. The van der Waals surface area contributed by atoms with Crippen LogP contribution in [-0.4, -0.2) is 29.2 Å². The molecule has 0 unspecified atom stereocenters. The van der Waals surface area contributed by atoms with E-state index in [0.717, 1.165) is 20.7 Å². The van der Waals surface area contributed by atoms with Crippen LogP contribution in [0.15, 0.2) is 36.4 Å². The molecular formula is C16H19ClF3N3O2S. The summed E-state index contributed by atoms with van der Waals surface area (Å²) < 4.78 is 65.4. The first kappa shape index (κ1) is 20.7. The Labute approximate surface area is 157 Å². The van der Waals surface area contributed by atoms with E-state index in [9.17, 15) is 22.3 Å². The Morgan fingerprint density at radius 2 is 1.77 bits per heavy atom. The Hall–Kier alpha value is -1.65. The first-order chi connectivity index (χ1) is 11.9. The maximum atomic E-state index is 14.4. The smallest absolute Gasteiger partial charge is 0.151 e. The van der Waals surface area contributed by atoms with Gasteiger partial charge in [-0.1, -0.05) is 6.07 Å². The van der Waals surface area contributed by atoms with Gasteiger partial charge in [0.05, 0.1) is 5.69 Å². The van der Waals surface area contributed by atoms with Gasteiger partial charge in [0.25, 0.3) is 0 Å². The molecule has 3 N–H and O–H groups in total. The van der Waals surface area contributed by atoms with E-state index in [4.69, 9.17) is 0 Å². The van der Waals surface area contributed by atoms with Gasteiger partial charge < -0.3 is 5.32 Å². The highest BCUT2D eigenvalue weighted by atomic mass is 35.5. The molecule has 1 aliphatic rings. The molecule has 1 aliphatic heterocycles. The predicted molar refractivity (Wildman–Crippen MR) is 101 cm³/mol. The van der Waals surface area contributed by atoms with Crippen LogP contribution in [-0.2, 0) is 0 Å². The zero-order valence-corrected chi connectivity index (χ0v) is 15.5. The van der Waals surface area contributed by atoms with E-state index in [1.165, 1.54) is 18.2 Å². The fourth-order valence-corrected chi connectivity index (χ4v) is 4.63. The average molecular weight is 410 g/mol. The van der Waals surface area contributed by atoms with Crippen molar-refractivity contribution < 1.29 is 22.3 Å². The maximum absolute atomic E-state index is 14.4. The molecule has 3 rings (SSSR count). The number of para-hydroxylation sites is 1. The van der Waals surface area contributed by atoms with Crippen LogP contribution in [0.5, 0.6) is 0 Å². The molecule has 0 amide bonds. The zero-order valence-electron chi connectivity index (χ0n) is 13.8. The van der Waals surface area contributed by atoms with Crippen molar-refractivity contribution in [3.05, 3.63) is 53.8 Å². The van der Waals surface area contributed by atoms with E-state index >= 15 is 0 Å². The van der Waals surface area contributed by atoms with Crippen LogP contribution in [0.4, 0.5) is 30.2 Å². The minimum Gasteiger partial charge on any atom is -0.320 e. The lowest BCUT2D eigenvalue weighted by atomic mass is 10.2. The molecule has 0 spiro atoms. The number of nitrogens with one attached hydrogen (secondary N) is 1. The Kier molecular flexibility index (Phi) is 6.30. The second-order valence-corrected chi connectivity index (χ2v) is 7.33. The topological polar surface area (TPSA) is 59.0 Å². The molecule has 0 saturated carbocycles. The standard InChI is InChI=1S/C16H18F3N3O2S.ClH/c1-20-8-3-9-21-16-12(18)4-2-5-15(16)22(25(21,23)24)14-7-6-11(17)10-13(14)19;/h2,4-7,10,20,23-24H,3,8-9H2,1H3;1H. The third kappa shape index (κ3) is 3.45. The highest BCUT2D eigenvalue weighted by molar-refractivity contribution is 8.27. The summed E-state index contributed by atoms with van der Waals surface area (Å²) in [6, 6.07) is 6.82. The third-order valence-corrected chi connectivity index (χ3v) is 5.73. The summed E-state index contributed by atoms with van der Waals surface area (Å²) in [4.78, 5) is 0. The lowest BCUT2D eigenvalue weighted by Gasteiger charge is -2.43. The molecule has 2 aromatic carbocycles. The lowest BCUT2D eigenvalue weighted by molar-refractivity contribution is 0.481. The van der Waals surface area contributed by atoms with Crippen LogP contribution in [0.25, 0.3) is 0 Å². The largest absolute Gasteiger partial charge is 0.320 e. The van der Waals surface area contributed by atoms with Crippen molar-refractivity contribution in [1.29, 1.82) is 0 Å².